The molecule has 0 bridgehead atoms. The standard InChI is InChI=1S/C13H19N3O/c1-10-4-2-5-11(8-10)15-13(17)16-12-6-3-7-14-9-12/h3,6-7,9-11H,2,4-5,8H2,1H3,(H2,15,16,17). The first kappa shape index (κ1) is 11.9. The van der Waals surface area contributed by atoms with E-state index in [1.807, 2.05) is 6.07 Å². The molecule has 0 aliphatic heterocycles. The van der Waals surface area contributed by atoms with Crippen LogP contribution in [0.5, 0.6) is 0 Å². The molecule has 0 radical (unpaired) electrons. The largest absolute Gasteiger partial charge is 0.335 e. The topological polar surface area (TPSA) is 54.0 Å². The molecule has 1 fully saturated rings. The van der Waals surface area contributed by atoms with Crippen LogP contribution in [0.4, 0.5) is 10.5 Å². The maximum atomic E-state index is 11.7. The molecule has 1 heterocycles. The van der Waals surface area contributed by atoms with Crippen molar-refractivity contribution in [3.05, 3.63) is 24.5 Å². The monoisotopic (exact) mass is 233 g/mol. The summed E-state index contributed by atoms with van der Waals surface area (Å²) in [5.74, 6) is 0.715. The first-order valence-corrected chi connectivity index (χ1v) is 6.21. The molecule has 2 N–H and O–H groups in total. The van der Waals surface area contributed by atoms with Gasteiger partial charge in [0.25, 0.3) is 0 Å². The normalized spacial score (nSPS) is 24.1. The lowest BCUT2D eigenvalue weighted by Crippen LogP contribution is -2.40. The molecule has 1 aliphatic rings. The van der Waals surface area contributed by atoms with Crippen molar-refractivity contribution >= 4 is 11.7 Å². The number of urea groups is 1. The molecule has 4 heteroatoms. The van der Waals surface area contributed by atoms with Crippen LogP contribution in [-0.4, -0.2) is 17.1 Å². The fourth-order valence-electron chi connectivity index (χ4n) is 2.35. The number of carbonyl (C=O) groups is 1. The smallest absolute Gasteiger partial charge is 0.319 e. The summed E-state index contributed by atoms with van der Waals surface area (Å²) in [7, 11) is 0. The van der Waals surface area contributed by atoms with Crippen LogP contribution >= 0.6 is 0 Å². The molecule has 4 nitrogen and oxygen atoms in total. The highest BCUT2D eigenvalue weighted by molar-refractivity contribution is 5.89. The Morgan fingerprint density at radius 2 is 2.35 bits per heavy atom. The van der Waals surface area contributed by atoms with Crippen LogP contribution in [0.1, 0.15) is 32.6 Å². The molecule has 1 aromatic rings. The van der Waals surface area contributed by atoms with E-state index in [0.717, 1.165) is 18.5 Å². The van der Waals surface area contributed by atoms with Crippen LogP contribution in [0, 0.1) is 5.92 Å². The Balaban J connectivity index is 1.81. The first-order valence-electron chi connectivity index (χ1n) is 6.21. The Labute approximate surface area is 102 Å². The van der Waals surface area contributed by atoms with Crippen molar-refractivity contribution in [1.82, 2.24) is 10.3 Å². The zero-order valence-electron chi connectivity index (χ0n) is 10.1. The van der Waals surface area contributed by atoms with Crippen LogP contribution in [0.15, 0.2) is 24.5 Å². The summed E-state index contributed by atoms with van der Waals surface area (Å²) >= 11 is 0. The summed E-state index contributed by atoms with van der Waals surface area (Å²) < 4.78 is 0. The molecule has 2 amide bonds. The van der Waals surface area contributed by atoms with Gasteiger partial charge in [0.2, 0.25) is 0 Å². The minimum atomic E-state index is -0.128. The quantitative estimate of drug-likeness (QED) is 0.825. The summed E-state index contributed by atoms with van der Waals surface area (Å²) in [5, 5.41) is 5.81. The van der Waals surface area contributed by atoms with Crippen LogP contribution in [-0.2, 0) is 0 Å². The first-order chi connectivity index (χ1) is 8.24. The van der Waals surface area contributed by atoms with Gasteiger partial charge >= 0.3 is 6.03 Å². The number of rotatable bonds is 2. The van der Waals surface area contributed by atoms with Gasteiger partial charge in [0.15, 0.2) is 0 Å². The number of anilines is 1. The highest BCUT2D eigenvalue weighted by Crippen LogP contribution is 2.23. The fourth-order valence-corrected chi connectivity index (χ4v) is 2.35. The maximum absolute atomic E-state index is 11.7. The highest BCUT2D eigenvalue weighted by atomic mass is 16.2. The highest BCUT2D eigenvalue weighted by Gasteiger charge is 2.20. The Hall–Kier alpha value is -1.58. The molecular formula is C13H19N3O. The molecule has 2 atom stereocenters. The summed E-state index contributed by atoms with van der Waals surface area (Å²) in [6.45, 7) is 2.24. The number of carbonyl (C=O) groups excluding carboxylic acids is 1. The summed E-state index contributed by atoms with van der Waals surface area (Å²) in [4.78, 5) is 15.7. The van der Waals surface area contributed by atoms with Crippen molar-refractivity contribution in [2.45, 2.75) is 38.6 Å². The molecule has 1 saturated carbocycles. The maximum Gasteiger partial charge on any atom is 0.319 e. The second kappa shape index (κ2) is 5.66. The molecule has 92 valence electrons. The fraction of sp³-hybridized carbons (Fsp3) is 0.538. The lowest BCUT2D eigenvalue weighted by atomic mass is 9.87. The average Bonchev–Trinajstić information content (AvgIpc) is 2.30. The van der Waals surface area contributed by atoms with Crippen molar-refractivity contribution in [3.8, 4) is 0 Å². The molecule has 0 spiro atoms. The Morgan fingerprint density at radius 3 is 3.06 bits per heavy atom. The Kier molecular flexibility index (Phi) is 3.96. The van der Waals surface area contributed by atoms with Gasteiger partial charge in [-0.2, -0.15) is 0 Å². The SMILES string of the molecule is CC1CCCC(NC(=O)Nc2cccnc2)C1. The van der Waals surface area contributed by atoms with Gasteiger partial charge in [0, 0.05) is 12.2 Å². The predicted molar refractivity (Wildman–Crippen MR) is 67.8 cm³/mol. The molecule has 1 aromatic heterocycles. The van der Waals surface area contributed by atoms with Gasteiger partial charge in [0.1, 0.15) is 0 Å². The number of nitrogens with one attached hydrogen (secondary N) is 2. The molecule has 2 unspecified atom stereocenters. The van der Waals surface area contributed by atoms with Crippen molar-refractivity contribution in [2.75, 3.05) is 5.32 Å². The van der Waals surface area contributed by atoms with E-state index in [4.69, 9.17) is 0 Å². The molecule has 17 heavy (non-hydrogen) atoms. The van der Waals surface area contributed by atoms with Gasteiger partial charge in [-0.1, -0.05) is 19.8 Å². The molecule has 0 saturated heterocycles. The van der Waals surface area contributed by atoms with Gasteiger partial charge in [-0.15, -0.1) is 0 Å². The van der Waals surface area contributed by atoms with E-state index < -0.39 is 0 Å². The molecule has 1 aliphatic carbocycles. The third kappa shape index (κ3) is 3.73. The van der Waals surface area contributed by atoms with E-state index in [2.05, 4.69) is 22.5 Å². The van der Waals surface area contributed by atoms with Crippen molar-refractivity contribution in [1.29, 1.82) is 0 Å². The van der Waals surface area contributed by atoms with Crippen molar-refractivity contribution < 1.29 is 4.79 Å². The third-order valence-electron chi connectivity index (χ3n) is 3.19. The second-order valence-electron chi connectivity index (χ2n) is 4.81. The number of nitrogens with zero attached hydrogens (tertiary/aromatic N) is 1. The number of pyridine rings is 1. The van der Waals surface area contributed by atoms with Gasteiger partial charge < -0.3 is 10.6 Å². The predicted octanol–water partition coefficient (Wildman–Crippen LogP) is 2.78. The minimum Gasteiger partial charge on any atom is -0.335 e. The van der Waals surface area contributed by atoms with Crippen LogP contribution in [0.3, 0.4) is 0 Å². The van der Waals surface area contributed by atoms with Crippen LogP contribution in [0.2, 0.25) is 0 Å². The van der Waals surface area contributed by atoms with Gasteiger partial charge in [0.05, 0.1) is 11.9 Å². The van der Waals surface area contributed by atoms with E-state index in [9.17, 15) is 4.79 Å². The van der Waals surface area contributed by atoms with E-state index in [0.29, 0.717) is 12.0 Å². The number of amides is 2. The van der Waals surface area contributed by atoms with E-state index >= 15 is 0 Å². The molecular weight excluding hydrogens is 214 g/mol. The van der Waals surface area contributed by atoms with Gasteiger partial charge in [-0.05, 0) is 30.9 Å². The minimum absolute atomic E-state index is 0.128. The van der Waals surface area contributed by atoms with Crippen molar-refractivity contribution in [2.24, 2.45) is 5.92 Å². The summed E-state index contributed by atoms with van der Waals surface area (Å²) in [6, 6.07) is 3.82. The second-order valence-corrected chi connectivity index (χ2v) is 4.81. The van der Waals surface area contributed by atoms with Crippen LogP contribution < -0.4 is 10.6 Å². The lowest BCUT2D eigenvalue weighted by molar-refractivity contribution is 0.238. The number of hydrogen-bond donors (Lipinski definition) is 2. The van der Waals surface area contributed by atoms with Gasteiger partial charge in [-0.25, -0.2) is 4.79 Å². The summed E-state index contributed by atoms with van der Waals surface area (Å²) in [6.07, 6.45) is 7.99. The van der Waals surface area contributed by atoms with Crippen LogP contribution in [0.25, 0.3) is 0 Å². The van der Waals surface area contributed by atoms with Crippen molar-refractivity contribution in [3.63, 3.8) is 0 Å². The Bertz CT molecular complexity index is 366. The molecule has 0 aromatic carbocycles. The van der Waals surface area contributed by atoms with E-state index in [1.54, 1.807) is 18.5 Å². The summed E-state index contributed by atoms with van der Waals surface area (Å²) in [5.41, 5.74) is 0.730. The van der Waals surface area contributed by atoms with E-state index in [1.165, 1.54) is 12.8 Å². The Morgan fingerprint density at radius 1 is 1.47 bits per heavy atom. The average molecular weight is 233 g/mol. The number of aromatic nitrogens is 1. The lowest BCUT2D eigenvalue weighted by Gasteiger charge is -2.27. The van der Waals surface area contributed by atoms with Gasteiger partial charge in [-0.3, -0.25) is 4.98 Å². The third-order valence-corrected chi connectivity index (χ3v) is 3.19. The zero-order chi connectivity index (χ0) is 12.1. The zero-order valence-corrected chi connectivity index (χ0v) is 10.1. The molecule has 2 rings (SSSR count). The van der Waals surface area contributed by atoms with E-state index in [-0.39, 0.29) is 6.03 Å². The number of hydrogen-bond acceptors (Lipinski definition) is 2.